The summed E-state index contributed by atoms with van der Waals surface area (Å²) in [5.41, 5.74) is -1.13. The number of esters is 2. The number of cyclic esters (lactones) is 1. The molecule has 0 radical (unpaired) electrons. The van der Waals surface area contributed by atoms with Gasteiger partial charge in [0.2, 0.25) is 0 Å². The standard InChI is InChI=1S/C17H20O6/c1-3-22-15(19)17(9-4-10-23-16(17)20)11-14(18)12-5-7-13(21-2)8-6-12/h5-8H,3-4,9-11H2,1-2H3. The molecule has 6 heteroatoms. The van der Waals surface area contributed by atoms with Gasteiger partial charge in [0.25, 0.3) is 0 Å². The topological polar surface area (TPSA) is 78.9 Å². The Morgan fingerprint density at radius 2 is 1.96 bits per heavy atom. The van der Waals surface area contributed by atoms with Gasteiger partial charge in [-0.1, -0.05) is 0 Å². The summed E-state index contributed by atoms with van der Waals surface area (Å²) in [6.45, 7) is 2.06. The largest absolute Gasteiger partial charge is 0.497 e. The fourth-order valence-electron chi connectivity index (χ4n) is 2.62. The smallest absolute Gasteiger partial charge is 0.323 e. The highest BCUT2D eigenvalue weighted by molar-refractivity contribution is 6.07. The van der Waals surface area contributed by atoms with Gasteiger partial charge >= 0.3 is 11.9 Å². The van der Waals surface area contributed by atoms with E-state index in [1.165, 1.54) is 7.11 Å². The minimum atomic E-state index is -1.54. The number of ketones is 1. The van der Waals surface area contributed by atoms with Gasteiger partial charge in [0.15, 0.2) is 11.2 Å². The first-order valence-corrected chi connectivity index (χ1v) is 7.55. The van der Waals surface area contributed by atoms with Crippen molar-refractivity contribution in [3.8, 4) is 5.75 Å². The Bertz CT molecular complexity index is 592. The monoisotopic (exact) mass is 320 g/mol. The van der Waals surface area contributed by atoms with E-state index < -0.39 is 17.4 Å². The molecule has 0 aromatic heterocycles. The van der Waals surface area contributed by atoms with E-state index in [0.717, 1.165) is 0 Å². The van der Waals surface area contributed by atoms with Crippen molar-refractivity contribution in [1.29, 1.82) is 0 Å². The van der Waals surface area contributed by atoms with Crippen LogP contribution >= 0.6 is 0 Å². The van der Waals surface area contributed by atoms with Crippen LogP contribution in [0.25, 0.3) is 0 Å². The normalized spacial score (nSPS) is 20.5. The molecule has 1 aromatic rings. The fourth-order valence-corrected chi connectivity index (χ4v) is 2.62. The first kappa shape index (κ1) is 17.0. The lowest BCUT2D eigenvalue weighted by Gasteiger charge is -2.32. The van der Waals surface area contributed by atoms with E-state index in [9.17, 15) is 14.4 Å². The second kappa shape index (κ2) is 7.26. The van der Waals surface area contributed by atoms with Crippen LogP contribution in [0.1, 0.15) is 36.5 Å². The molecular formula is C17H20O6. The van der Waals surface area contributed by atoms with Crippen LogP contribution < -0.4 is 4.74 Å². The van der Waals surface area contributed by atoms with Gasteiger partial charge in [0, 0.05) is 12.0 Å². The van der Waals surface area contributed by atoms with Crippen molar-refractivity contribution in [2.45, 2.75) is 26.2 Å². The molecule has 1 fully saturated rings. The van der Waals surface area contributed by atoms with Gasteiger partial charge in [-0.25, -0.2) is 0 Å². The lowest BCUT2D eigenvalue weighted by Crippen LogP contribution is -2.46. The highest BCUT2D eigenvalue weighted by atomic mass is 16.6. The van der Waals surface area contributed by atoms with Crippen LogP contribution in [0.5, 0.6) is 5.75 Å². The summed E-state index contributed by atoms with van der Waals surface area (Å²) in [7, 11) is 1.53. The molecule has 0 amide bonds. The third-order valence-electron chi connectivity index (χ3n) is 3.91. The average molecular weight is 320 g/mol. The Hall–Kier alpha value is -2.37. The molecule has 1 aromatic carbocycles. The molecule has 1 atom stereocenters. The van der Waals surface area contributed by atoms with Gasteiger partial charge in [0.1, 0.15) is 5.75 Å². The summed E-state index contributed by atoms with van der Waals surface area (Å²) in [5.74, 6) is -1.05. The predicted molar refractivity (Wildman–Crippen MR) is 81.2 cm³/mol. The first-order valence-electron chi connectivity index (χ1n) is 7.55. The van der Waals surface area contributed by atoms with Crippen LogP contribution in [0.3, 0.4) is 0 Å². The van der Waals surface area contributed by atoms with Gasteiger partial charge in [-0.2, -0.15) is 0 Å². The molecule has 1 aliphatic heterocycles. The number of rotatable bonds is 6. The Balaban J connectivity index is 2.24. The second-order valence-corrected chi connectivity index (χ2v) is 5.37. The zero-order chi connectivity index (χ0) is 16.9. The van der Waals surface area contributed by atoms with Crippen molar-refractivity contribution in [2.75, 3.05) is 20.3 Å². The zero-order valence-electron chi connectivity index (χ0n) is 13.3. The average Bonchev–Trinajstić information content (AvgIpc) is 2.57. The molecular weight excluding hydrogens is 300 g/mol. The molecule has 2 rings (SSSR count). The van der Waals surface area contributed by atoms with Crippen molar-refractivity contribution in [1.82, 2.24) is 0 Å². The van der Waals surface area contributed by atoms with Crippen molar-refractivity contribution in [2.24, 2.45) is 5.41 Å². The van der Waals surface area contributed by atoms with E-state index >= 15 is 0 Å². The SMILES string of the molecule is CCOC(=O)C1(CC(=O)c2ccc(OC)cc2)CCCOC1=O. The number of hydrogen-bond acceptors (Lipinski definition) is 6. The second-order valence-electron chi connectivity index (χ2n) is 5.37. The van der Waals surface area contributed by atoms with Crippen molar-refractivity contribution >= 4 is 17.7 Å². The highest BCUT2D eigenvalue weighted by Gasteiger charge is 2.51. The van der Waals surface area contributed by atoms with Crippen molar-refractivity contribution < 1.29 is 28.6 Å². The van der Waals surface area contributed by atoms with Crippen LogP contribution in [0.15, 0.2) is 24.3 Å². The van der Waals surface area contributed by atoms with Gasteiger partial charge in [-0.15, -0.1) is 0 Å². The Morgan fingerprint density at radius 3 is 2.52 bits per heavy atom. The predicted octanol–water partition coefficient (Wildman–Crippen LogP) is 2.15. The molecule has 1 saturated heterocycles. The summed E-state index contributed by atoms with van der Waals surface area (Å²) >= 11 is 0. The zero-order valence-corrected chi connectivity index (χ0v) is 13.3. The minimum Gasteiger partial charge on any atom is -0.497 e. The summed E-state index contributed by atoms with van der Waals surface area (Å²) in [6.07, 6.45) is 0.532. The first-order chi connectivity index (χ1) is 11.0. The number of carbonyl (C=O) groups excluding carboxylic acids is 3. The highest BCUT2D eigenvalue weighted by Crippen LogP contribution is 2.36. The number of benzene rings is 1. The minimum absolute atomic E-state index is 0.143. The summed E-state index contributed by atoms with van der Waals surface area (Å²) in [6, 6.07) is 6.52. The summed E-state index contributed by atoms with van der Waals surface area (Å²) in [4.78, 5) is 37.0. The van der Waals surface area contributed by atoms with Crippen LogP contribution in [0.4, 0.5) is 0 Å². The molecule has 6 nitrogen and oxygen atoms in total. The molecule has 0 spiro atoms. The summed E-state index contributed by atoms with van der Waals surface area (Å²) < 4.78 is 15.1. The van der Waals surface area contributed by atoms with Crippen LogP contribution in [-0.2, 0) is 19.1 Å². The molecule has 1 unspecified atom stereocenters. The molecule has 0 bridgehead atoms. The Labute approximate surface area is 134 Å². The third-order valence-corrected chi connectivity index (χ3v) is 3.91. The number of hydrogen-bond donors (Lipinski definition) is 0. The Kier molecular flexibility index (Phi) is 5.36. The van der Waals surface area contributed by atoms with Crippen LogP contribution in [0.2, 0.25) is 0 Å². The number of Topliss-reactive ketones (excluding diaryl/α,β-unsaturated/α-hetero) is 1. The summed E-state index contributed by atoms with van der Waals surface area (Å²) in [5, 5.41) is 0. The van der Waals surface area contributed by atoms with E-state index in [-0.39, 0.29) is 31.8 Å². The molecule has 124 valence electrons. The number of methoxy groups -OCH3 is 1. The fraction of sp³-hybridized carbons (Fsp3) is 0.471. The quantitative estimate of drug-likeness (QED) is 0.454. The van der Waals surface area contributed by atoms with E-state index in [0.29, 0.717) is 17.7 Å². The van der Waals surface area contributed by atoms with Gasteiger partial charge in [-0.3, -0.25) is 14.4 Å². The van der Waals surface area contributed by atoms with Crippen LogP contribution in [0, 0.1) is 5.41 Å². The Morgan fingerprint density at radius 1 is 1.26 bits per heavy atom. The van der Waals surface area contributed by atoms with E-state index in [1.807, 2.05) is 0 Å². The van der Waals surface area contributed by atoms with Crippen LogP contribution in [-0.4, -0.2) is 38.0 Å². The lowest BCUT2D eigenvalue weighted by atomic mass is 9.76. The van der Waals surface area contributed by atoms with Crippen molar-refractivity contribution in [3.63, 3.8) is 0 Å². The van der Waals surface area contributed by atoms with E-state index in [1.54, 1.807) is 31.2 Å². The third kappa shape index (κ3) is 3.52. The van der Waals surface area contributed by atoms with Gasteiger partial charge < -0.3 is 14.2 Å². The maximum atomic E-state index is 12.5. The van der Waals surface area contributed by atoms with Crippen molar-refractivity contribution in [3.05, 3.63) is 29.8 Å². The maximum Gasteiger partial charge on any atom is 0.323 e. The molecule has 1 heterocycles. The molecule has 0 aliphatic carbocycles. The molecule has 23 heavy (non-hydrogen) atoms. The number of ether oxygens (including phenoxy) is 3. The maximum absolute atomic E-state index is 12.5. The molecule has 0 N–H and O–H groups in total. The van der Waals surface area contributed by atoms with Gasteiger partial charge in [-0.05, 0) is 44.0 Å². The molecule has 1 aliphatic rings. The van der Waals surface area contributed by atoms with E-state index in [2.05, 4.69) is 0 Å². The number of carbonyl (C=O) groups is 3. The lowest BCUT2D eigenvalue weighted by molar-refractivity contribution is -0.177. The van der Waals surface area contributed by atoms with E-state index in [4.69, 9.17) is 14.2 Å². The molecule has 0 saturated carbocycles. The van der Waals surface area contributed by atoms with Gasteiger partial charge in [0.05, 0.1) is 20.3 Å².